The van der Waals surface area contributed by atoms with Crippen LogP contribution in [0.1, 0.15) is 36.5 Å². The average Bonchev–Trinajstić information content (AvgIpc) is 2.46. The van der Waals surface area contributed by atoms with Gasteiger partial charge < -0.3 is 15.4 Å². The Bertz CT molecular complexity index is 494. The highest BCUT2D eigenvalue weighted by Gasteiger charge is 2.31. The van der Waals surface area contributed by atoms with Gasteiger partial charge in [-0.1, -0.05) is 12.1 Å². The van der Waals surface area contributed by atoms with Crippen LogP contribution in [0.15, 0.2) is 24.3 Å². The van der Waals surface area contributed by atoms with E-state index >= 15 is 0 Å². The maximum atomic E-state index is 12.7. The summed E-state index contributed by atoms with van der Waals surface area (Å²) < 4.78 is 29.3. The predicted octanol–water partition coefficient (Wildman–Crippen LogP) is 2.63. The van der Waals surface area contributed by atoms with Gasteiger partial charge in [0.15, 0.2) is 0 Å². The Labute approximate surface area is 122 Å². The summed E-state index contributed by atoms with van der Waals surface area (Å²) in [5, 5.41) is 0. The van der Waals surface area contributed by atoms with Crippen molar-refractivity contribution in [2.45, 2.75) is 44.9 Å². The summed E-state index contributed by atoms with van der Waals surface area (Å²) in [5.74, 6) is -0.389. The molecule has 2 atom stereocenters. The number of amides is 1. The van der Waals surface area contributed by atoms with Crippen LogP contribution in [0.2, 0.25) is 0 Å². The van der Waals surface area contributed by atoms with Crippen molar-refractivity contribution >= 4 is 5.91 Å². The minimum atomic E-state index is -2.95. The normalized spacial score (nSPS) is 20.4. The highest BCUT2D eigenvalue weighted by molar-refractivity contribution is 5.97. The Kier molecular flexibility index (Phi) is 5.12. The number of hydrogen-bond donors (Lipinski definition) is 1. The number of likely N-dealkylation sites (tertiary alicyclic amines) is 1. The van der Waals surface area contributed by atoms with Crippen LogP contribution in [0.5, 0.6) is 5.75 Å². The molecule has 1 saturated heterocycles. The molecule has 1 fully saturated rings. The maximum absolute atomic E-state index is 12.7. The molecule has 1 aromatic carbocycles. The Hall–Kier alpha value is -1.69. The highest BCUT2D eigenvalue weighted by atomic mass is 19.3. The molecule has 0 saturated carbocycles. The molecule has 4 nitrogen and oxygen atoms in total. The number of nitrogens with zero attached hydrogens (tertiary/aromatic N) is 1. The highest BCUT2D eigenvalue weighted by Crippen LogP contribution is 2.26. The zero-order valence-electron chi connectivity index (χ0n) is 12.0. The minimum Gasteiger partial charge on any atom is -0.434 e. The first-order valence-corrected chi connectivity index (χ1v) is 7.11. The molecule has 1 aromatic rings. The predicted molar refractivity (Wildman–Crippen MR) is 75.4 cm³/mol. The van der Waals surface area contributed by atoms with Gasteiger partial charge in [-0.3, -0.25) is 4.79 Å². The number of hydrogen-bond acceptors (Lipinski definition) is 3. The number of alkyl halides is 2. The second-order valence-electron chi connectivity index (χ2n) is 5.30. The van der Waals surface area contributed by atoms with Crippen molar-refractivity contribution in [3.05, 3.63) is 29.8 Å². The third kappa shape index (κ3) is 3.69. The molecular formula is C15H20F2N2O2. The first kappa shape index (κ1) is 15.7. The van der Waals surface area contributed by atoms with E-state index in [9.17, 15) is 13.6 Å². The van der Waals surface area contributed by atoms with E-state index in [1.165, 1.54) is 12.1 Å². The lowest BCUT2D eigenvalue weighted by Gasteiger charge is -2.38. The molecule has 0 radical (unpaired) electrons. The third-order valence-corrected chi connectivity index (χ3v) is 3.75. The Morgan fingerprint density at radius 3 is 2.76 bits per heavy atom. The quantitative estimate of drug-likeness (QED) is 0.929. The van der Waals surface area contributed by atoms with Gasteiger partial charge in [0.2, 0.25) is 0 Å². The summed E-state index contributed by atoms with van der Waals surface area (Å²) in [7, 11) is 0. The topological polar surface area (TPSA) is 55.6 Å². The molecule has 2 N–H and O–H groups in total. The number of ether oxygens (including phenoxy) is 1. The lowest BCUT2D eigenvalue weighted by molar-refractivity contribution is -0.0503. The van der Waals surface area contributed by atoms with Crippen molar-refractivity contribution in [2.24, 2.45) is 5.73 Å². The van der Waals surface area contributed by atoms with Crippen LogP contribution in [0.25, 0.3) is 0 Å². The fraction of sp³-hybridized carbons (Fsp3) is 0.533. The van der Waals surface area contributed by atoms with Gasteiger partial charge in [-0.2, -0.15) is 8.78 Å². The molecule has 116 valence electrons. The summed E-state index contributed by atoms with van der Waals surface area (Å²) in [6, 6.07) is 5.87. The summed E-state index contributed by atoms with van der Waals surface area (Å²) in [5.41, 5.74) is 6.10. The van der Waals surface area contributed by atoms with E-state index in [0.717, 1.165) is 19.3 Å². The van der Waals surface area contributed by atoms with Gasteiger partial charge >= 0.3 is 6.61 Å². The van der Waals surface area contributed by atoms with E-state index in [0.29, 0.717) is 6.54 Å². The van der Waals surface area contributed by atoms with Gasteiger partial charge in [-0.25, -0.2) is 0 Å². The van der Waals surface area contributed by atoms with Gasteiger partial charge in [-0.05, 0) is 38.3 Å². The van der Waals surface area contributed by atoms with Crippen LogP contribution in [-0.2, 0) is 0 Å². The zero-order chi connectivity index (χ0) is 15.4. The number of piperidine rings is 1. The molecule has 1 amide bonds. The fourth-order valence-corrected chi connectivity index (χ4v) is 2.75. The monoisotopic (exact) mass is 298 g/mol. The van der Waals surface area contributed by atoms with E-state index in [2.05, 4.69) is 4.74 Å². The largest absolute Gasteiger partial charge is 0.434 e. The number of rotatable bonds is 4. The molecule has 1 aliphatic rings. The van der Waals surface area contributed by atoms with Crippen LogP contribution in [0.4, 0.5) is 8.78 Å². The molecule has 0 aromatic heterocycles. The van der Waals surface area contributed by atoms with Crippen molar-refractivity contribution in [2.75, 3.05) is 6.54 Å². The average molecular weight is 298 g/mol. The maximum Gasteiger partial charge on any atom is 0.387 e. The second kappa shape index (κ2) is 6.85. The summed E-state index contributed by atoms with van der Waals surface area (Å²) in [6.07, 6.45) is 2.75. The Morgan fingerprint density at radius 2 is 2.10 bits per heavy atom. The zero-order valence-corrected chi connectivity index (χ0v) is 12.0. The van der Waals surface area contributed by atoms with Crippen molar-refractivity contribution < 1.29 is 18.3 Å². The third-order valence-electron chi connectivity index (χ3n) is 3.75. The standard InChI is InChI=1S/C15H20F2N2O2/c1-10(18)12-7-4-5-9-19(12)14(20)11-6-2-3-8-13(11)21-15(16)17/h2-3,6,8,10,12,15H,4-5,7,9,18H2,1H3. The van der Waals surface area contributed by atoms with Crippen LogP contribution in [0, 0.1) is 0 Å². The van der Waals surface area contributed by atoms with Gasteiger partial charge in [0.1, 0.15) is 5.75 Å². The van der Waals surface area contributed by atoms with Crippen LogP contribution in [-0.4, -0.2) is 36.0 Å². The summed E-state index contributed by atoms with van der Waals surface area (Å²) in [4.78, 5) is 14.3. The number of benzene rings is 1. The molecule has 21 heavy (non-hydrogen) atoms. The van der Waals surface area contributed by atoms with Crippen LogP contribution in [0.3, 0.4) is 0 Å². The molecule has 0 spiro atoms. The molecule has 0 bridgehead atoms. The molecule has 6 heteroatoms. The first-order valence-electron chi connectivity index (χ1n) is 7.11. The molecule has 1 aliphatic heterocycles. The van der Waals surface area contributed by atoms with E-state index in [1.807, 2.05) is 6.92 Å². The summed E-state index contributed by atoms with van der Waals surface area (Å²) in [6.45, 7) is -0.504. The molecule has 1 heterocycles. The smallest absolute Gasteiger partial charge is 0.387 e. The van der Waals surface area contributed by atoms with E-state index in [-0.39, 0.29) is 29.3 Å². The molecule has 2 unspecified atom stereocenters. The molecule has 2 rings (SSSR count). The van der Waals surface area contributed by atoms with Gasteiger partial charge in [0.25, 0.3) is 5.91 Å². The number of carbonyl (C=O) groups excluding carboxylic acids is 1. The SMILES string of the molecule is CC(N)C1CCCCN1C(=O)c1ccccc1OC(F)F. The van der Waals surface area contributed by atoms with Crippen LogP contribution >= 0.6 is 0 Å². The summed E-state index contributed by atoms with van der Waals surface area (Å²) >= 11 is 0. The minimum absolute atomic E-state index is 0.0640. The molecular weight excluding hydrogens is 278 g/mol. The van der Waals surface area contributed by atoms with Gasteiger partial charge in [0, 0.05) is 18.6 Å². The Morgan fingerprint density at radius 1 is 1.38 bits per heavy atom. The first-order chi connectivity index (χ1) is 10.0. The fourth-order valence-electron chi connectivity index (χ4n) is 2.75. The van der Waals surface area contributed by atoms with E-state index < -0.39 is 6.61 Å². The van der Waals surface area contributed by atoms with E-state index in [4.69, 9.17) is 5.73 Å². The number of carbonyl (C=O) groups is 1. The Balaban J connectivity index is 2.26. The number of halogens is 2. The number of para-hydroxylation sites is 1. The molecule has 0 aliphatic carbocycles. The second-order valence-corrected chi connectivity index (χ2v) is 5.30. The van der Waals surface area contributed by atoms with Crippen LogP contribution < -0.4 is 10.5 Å². The van der Waals surface area contributed by atoms with Crippen molar-refractivity contribution in [3.8, 4) is 5.75 Å². The van der Waals surface area contributed by atoms with Gasteiger partial charge in [-0.15, -0.1) is 0 Å². The van der Waals surface area contributed by atoms with Gasteiger partial charge in [0.05, 0.1) is 5.56 Å². The lowest BCUT2D eigenvalue weighted by Crippen LogP contribution is -2.51. The van der Waals surface area contributed by atoms with E-state index in [1.54, 1.807) is 17.0 Å². The lowest BCUT2D eigenvalue weighted by atomic mass is 9.96. The number of nitrogens with two attached hydrogens (primary N) is 1. The van der Waals surface area contributed by atoms with Crippen molar-refractivity contribution in [1.29, 1.82) is 0 Å². The van der Waals surface area contributed by atoms with Crippen molar-refractivity contribution in [3.63, 3.8) is 0 Å². The van der Waals surface area contributed by atoms with Crippen molar-refractivity contribution in [1.82, 2.24) is 4.90 Å².